The fourth-order valence-electron chi connectivity index (χ4n) is 3.47. The second-order valence-corrected chi connectivity index (χ2v) is 7.24. The summed E-state index contributed by atoms with van der Waals surface area (Å²) in [7, 11) is 0. The summed E-state index contributed by atoms with van der Waals surface area (Å²) in [6.07, 6.45) is 0. The molecule has 8 nitrogen and oxygen atoms in total. The highest BCUT2D eigenvalue weighted by molar-refractivity contribution is 6.11. The van der Waals surface area contributed by atoms with E-state index in [0.29, 0.717) is 16.8 Å². The summed E-state index contributed by atoms with van der Waals surface area (Å²) < 4.78 is 5.76. The lowest BCUT2D eigenvalue weighted by atomic mass is 9.99. The minimum absolute atomic E-state index is 0.210. The number of nitrogens with zero attached hydrogens (tertiary/aromatic N) is 1. The lowest BCUT2D eigenvalue weighted by Crippen LogP contribution is -2.42. The van der Waals surface area contributed by atoms with Gasteiger partial charge in [-0.25, -0.2) is 4.79 Å². The predicted molar refractivity (Wildman–Crippen MR) is 109 cm³/mol. The molecule has 0 aliphatic carbocycles. The summed E-state index contributed by atoms with van der Waals surface area (Å²) >= 11 is 0. The first-order valence-electron chi connectivity index (χ1n) is 9.32. The number of fused-ring (bicyclic) bond motifs is 1. The van der Waals surface area contributed by atoms with Gasteiger partial charge < -0.3 is 15.1 Å². The smallest absolute Gasteiger partial charge is 0.325 e. The van der Waals surface area contributed by atoms with Crippen LogP contribution in [0, 0.1) is 0 Å². The number of hydrogen-bond acceptors (Lipinski definition) is 5. The highest BCUT2D eigenvalue weighted by Gasteiger charge is 2.51. The summed E-state index contributed by atoms with van der Waals surface area (Å²) in [6, 6.07) is 14.8. The normalized spacial score (nSPS) is 18.5. The average Bonchev–Trinajstić information content (AvgIpc) is 3.24. The molecular weight excluding hydrogens is 386 g/mol. The Morgan fingerprint density at radius 2 is 1.80 bits per heavy atom. The minimum atomic E-state index is -1.42. The van der Waals surface area contributed by atoms with Crippen molar-refractivity contribution in [1.82, 2.24) is 10.2 Å². The number of ketones is 1. The molecular formula is C22H19N3O5. The van der Waals surface area contributed by atoms with Gasteiger partial charge in [-0.3, -0.25) is 19.3 Å². The van der Waals surface area contributed by atoms with E-state index < -0.39 is 29.9 Å². The van der Waals surface area contributed by atoms with Crippen LogP contribution in [-0.2, 0) is 15.1 Å². The van der Waals surface area contributed by atoms with Gasteiger partial charge in [0.15, 0.2) is 11.3 Å². The van der Waals surface area contributed by atoms with E-state index in [9.17, 15) is 19.2 Å². The Hall–Kier alpha value is -3.94. The van der Waals surface area contributed by atoms with Crippen LogP contribution in [0.4, 0.5) is 10.5 Å². The van der Waals surface area contributed by atoms with E-state index in [1.165, 1.54) is 13.8 Å². The Kier molecular flexibility index (Phi) is 4.62. The number of rotatable bonds is 5. The maximum Gasteiger partial charge on any atom is 0.325 e. The minimum Gasteiger partial charge on any atom is -0.458 e. The van der Waals surface area contributed by atoms with E-state index in [2.05, 4.69) is 10.6 Å². The van der Waals surface area contributed by atoms with Crippen LogP contribution in [-0.4, -0.2) is 35.1 Å². The molecule has 30 heavy (non-hydrogen) atoms. The monoisotopic (exact) mass is 405 g/mol. The molecule has 0 saturated carbocycles. The summed E-state index contributed by atoms with van der Waals surface area (Å²) in [4.78, 5) is 50.6. The molecule has 8 heteroatoms. The van der Waals surface area contributed by atoms with E-state index in [1.807, 2.05) is 18.2 Å². The lowest BCUT2D eigenvalue weighted by Gasteiger charge is -2.19. The predicted octanol–water partition coefficient (Wildman–Crippen LogP) is 3.04. The SMILES string of the molecule is CC(=O)c1ccccc1NC(=O)CN1C(=O)NC(C)(c2cc3ccccc3o2)C1=O. The van der Waals surface area contributed by atoms with E-state index in [0.717, 1.165) is 10.3 Å². The number of carbonyl (C=O) groups is 4. The van der Waals surface area contributed by atoms with E-state index >= 15 is 0 Å². The number of anilines is 1. The third-order valence-corrected chi connectivity index (χ3v) is 5.08. The van der Waals surface area contributed by atoms with Gasteiger partial charge in [0.1, 0.15) is 17.9 Å². The van der Waals surface area contributed by atoms with Crippen molar-refractivity contribution in [3.8, 4) is 0 Å². The quantitative estimate of drug-likeness (QED) is 0.501. The Morgan fingerprint density at radius 1 is 1.10 bits per heavy atom. The highest BCUT2D eigenvalue weighted by Crippen LogP contribution is 2.33. The number of para-hydroxylation sites is 2. The molecule has 2 aromatic carbocycles. The second kappa shape index (κ2) is 7.14. The molecule has 1 atom stereocenters. The Balaban J connectivity index is 1.54. The molecule has 1 unspecified atom stereocenters. The number of urea groups is 1. The zero-order valence-electron chi connectivity index (χ0n) is 16.4. The first-order chi connectivity index (χ1) is 14.3. The summed E-state index contributed by atoms with van der Waals surface area (Å²) in [6.45, 7) is 2.43. The van der Waals surface area contributed by atoms with Crippen molar-refractivity contribution < 1.29 is 23.6 Å². The zero-order chi connectivity index (χ0) is 21.5. The van der Waals surface area contributed by atoms with Crippen LogP contribution in [0.2, 0.25) is 0 Å². The molecule has 2 heterocycles. The molecule has 1 aliphatic rings. The van der Waals surface area contributed by atoms with Crippen LogP contribution >= 0.6 is 0 Å². The second-order valence-electron chi connectivity index (χ2n) is 7.24. The molecule has 152 valence electrons. The highest BCUT2D eigenvalue weighted by atomic mass is 16.3. The van der Waals surface area contributed by atoms with Crippen LogP contribution in [0.5, 0.6) is 0 Å². The third-order valence-electron chi connectivity index (χ3n) is 5.08. The van der Waals surface area contributed by atoms with Crippen molar-refractivity contribution in [3.05, 3.63) is 65.9 Å². The number of benzene rings is 2. The largest absolute Gasteiger partial charge is 0.458 e. The van der Waals surface area contributed by atoms with Crippen molar-refractivity contribution >= 4 is 40.3 Å². The summed E-state index contributed by atoms with van der Waals surface area (Å²) in [5, 5.41) is 6.01. The van der Waals surface area contributed by atoms with Gasteiger partial charge in [0, 0.05) is 10.9 Å². The number of nitrogens with one attached hydrogen (secondary N) is 2. The number of Topliss-reactive ketones (excluding diaryl/α,β-unsaturated/α-hetero) is 1. The van der Waals surface area contributed by atoms with Gasteiger partial charge in [0.05, 0.1) is 5.69 Å². The van der Waals surface area contributed by atoms with Gasteiger partial charge in [-0.15, -0.1) is 0 Å². The van der Waals surface area contributed by atoms with Gasteiger partial charge in [-0.1, -0.05) is 30.3 Å². The van der Waals surface area contributed by atoms with Crippen molar-refractivity contribution in [2.75, 3.05) is 11.9 Å². The van der Waals surface area contributed by atoms with Crippen molar-refractivity contribution in [1.29, 1.82) is 0 Å². The first kappa shape index (κ1) is 19.4. The van der Waals surface area contributed by atoms with Gasteiger partial charge in [-0.2, -0.15) is 0 Å². The van der Waals surface area contributed by atoms with E-state index in [1.54, 1.807) is 36.4 Å². The lowest BCUT2D eigenvalue weighted by molar-refractivity contribution is -0.134. The fourth-order valence-corrected chi connectivity index (χ4v) is 3.47. The van der Waals surface area contributed by atoms with E-state index in [-0.39, 0.29) is 11.5 Å². The fraction of sp³-hybridized carbons (Fsp3) is 0.182. The average molecular weight is 405 g/mol. The number of hydrogen-bond donors (Lipinski definition) is 2. The van der Waals surface area contributed by atoms with Gasteiger partial charge in [-0.05, 0) is 38.1 Å². The molecule has 1 aromatic heterocycles. The molecule has 4 rings (SSSR count). The van der Waals surface area contributed by atoms with Crippen LogP contribution in [0.3, 0.4) is 0 Å². The Labute approximate surface area is 171 Å². The van der Waals surface area contributed by atoms with Crippen molar-refractivity contribution in [3.63, 3.8) is 0 Å². The molecule has 3 aromatic rings. The maximum atomic E-state index is 13.0. The number of imide groups is 1. The molecule has 1 saturated heterocycles. The molecule has 0 bridgehead atoms. The topological polar surface area (TPSA) is 109 Å². The standard InChI is InChI=1S/C22H19N3O5/c1-13(26)15-8-4-5-9-16(15)23-19(27)12-25-20(28)22(2,24-21(25)29)18-11-14-7-3-6-10-17(14)30-18/h3-11H,12H2,1-2H3,(H,23,27)(H,24,29). The molecule has 0 spiro atoms. The zero-order valence-corrected chi connectivity index (χ0v) is 16.4. The van der Waals surface area contributed by atoms with Crippen molar-refractivity contribution in [2.45, 2.75) is 19.4 Å². The molecule has 0 radical (unpaired) electrons. The van der Waals surface area contributed by atoms with Gasteiger partial charge >= 0.3 is 6.03 Å². The van der Waals surface area contributed by atoms with Gasteiger partial charge in [0.2, 0.25) is 5.91 Å². The summed E-state index contributed by atoms with van der Waals surface area (Å²) in [5.74, 6) is -1.12. The third kappa shape index (κ3) is 3.22. The maximum absolute atomic E-state index is 13.0. The van der Waals surface area contributed by atoms with Crippen LogP contribution in [0.1, 0.15) is 30.0 Å². The summed E-state index contributed by atoms with van der Waals surface area (Å²) in [5.41, 5.74) is -0.168. The molecule has 2 N–H and O–H groups in total. The Bertz CT molecular complexity index is 1170. The van der Waals surface area contributed by atoms with Crippen LogP contribution < -0.4 is 10.6 Å². The number of amides is 4. The van der Waals surface area contributed by atoms with Crippen LogP contribution in [0.25, 0.3) is 11.0 Å². The molecule has 1 fully saturated rings. The number of carbonyl (C=O) groups excluding carboxylic acids is 4. The van der Waals surface area contributed by atoms with Crippen LogP contribution in [0.15, 0.2) is 59.0 Å². The molecule has 4 amide bonds. The van der Waals surface area contributed by atoms with Crippen molar-refractivity contribution in [2.24, 2.45) is 0 Å². The van der Waals surface area contributed by atoms with E-state index in [4.69, 9.17) is 4.42 Å². The Morgan fingerprint density at radius 3 is 2.53 bits per heavy atom. The molecule has 1 aliphatic heterocycles. The van der Waals surface area contributed by atoms with Gasteiger partial charge in [0.25, 0.3) is 5.91 Å². The first-order valence-corrected chi connectivity index (χ1v) is 9.32. The number of furan rings is 1.